The zero-order valence-electron chi connectivity index (χ0n) is 14.4. The van der Waals surface area contributed by atoms with Crippen LogP contribution in [0.15, 0.2) is 30.3 Å². The Kier molecular flexibility index (Phi) is 3.15. The van der Waals surface area contributed by atoms with Crippen molar-refractivity contribution in [2.75, 3.05) is 0 Å². The Morgan fingerprint density at radius 2 is 1.82 bits per heavy atom. The minimum atomic E-state index is 0.524. The maximum atomic E-state index is 2.56. The summed E-state index contributed by atoms with van der Waals surface area (Å²) in [5, 5.41) is 2.98. The Morgan fingerprint density at radius 1 is 1.00 bits per heavy atom. The van der Waals surface area contributed by atoms with Crippen molar-refractivity contribution in [3.05, 3.63) is 47.0 Å². The van der Waals surface area contributed by atoms with Crippen LogP contribution in [0, 0.1) is 24.2 Å². The molecule has 1 saturated carbocycles. The molecule has 2 aromatic carbocycles. The van der Waals surface area contributed by atoms with Crippen LogP contribution in [0.2, 0.25) is 0 Å². The van der Waals surface area contributed by atoms with E-state index in [-0.39, 0.29) is 0 Å². The van der Waals surface area contributed by atoms with Crippen LogP contribution in [0.25, 0.3) is 10.8 Å². The van der Waals surface area contributed by atoms with Gasteiger partial charge in [0.1, 0.15) is 0 Å². The van der Waals surface area contributed by atoms with Gasteiger partial charge in [-0.3, -0.25) is 0 Å². The predicted molar refractivity (Wildman–Crippen MR) is 95.4 cm³/mol. The number of hydrogen-bond acceptors (Lipinski definition) is 0. The Bertz CT molecular complexity index is 726. The SMILES string of the molecule is Cc1cccc2c3c(ccc12)[C@@H]1[C@@H](C)[C@H](C)CC[C@]1(C)CC3. The first-order chi connectivity index (χ1) is 10.5. The number of hydrogen-bond donors (Lipinski definition) is 0. The molecule has 4 atom stereocenters. The average Bonchev–Trinajstić information content (AvgIpc) is 2.51. The van der Waals surface area contributed by atoms with E-state index in [9.17, 15) is 0 Å². The van der Waals surface area contributed by atoms with E-state index in [1.807, 2.05) is 0 Å². The summed E-state index contributed by atoms with van der Waals surface area (Å²) in [5.74, 6) is 2.42. The van der Waals surface area contributed by atoms with Crippen molar-refractivity contribution in [2.24, 2.45) is 17.3 Å². The van der Waals surface area contributed by atoms with Crippen LogP contribution in [0.4, 0.5) is 0 Å². The monoisotopic (exact) mass is 292 g/mol. The standard InChI is InChI=1S/C22H28/c1-14-10-12-22(4)13-11-19-18-7-5-6-15(2)17(18)8-9-20(19)21(22)16(14)3/h5-9,14,16,21H,10-13H2,1-4H3/t14-,16+,21+,22-/m1/s1. The van der Waals surface area contributed by atoms with Crippen molar-refractivity contribution in [3.63, 3.8) is 0 Å². The summed E-state index contributed by atoms with van der Waals surface area (Å²) in [6.07, 6.45) is 5.46. The lowest BCUT2D eigenvalue weighted by atomic mass is 9.53. The lowest BCUT2D eigenvalue weighted by Gasteiger charge is -2.52. The third-order valence-corrected chi connectivity index (χ3v) is 7.05. The smallest absolute Gasteiger partial charge is 0.00767 e. The molecule has 0 aromatic heterocycles. The summed E-state index contributed by atoms with van der Waals surface area (Å²) >= 11 is 0. The molecule has 0 aliphatic heterocycles. The molecule has 0 nitrogen and oxygen atoms in total. The number of aryl methyl sites for hydroxylation is 2. The van der Waals surface area contributed by atoms with Gasteiger partial charge in [-0.1, -0.05) is 51.1 Å². The minimum absolute atomic E-state index is 0.524. The highest BCUT2D eigenvalue weighted by Crippen LogP contribution is 2.58. The van der Waals surface area contributed by atoms with E-state index >= 15 is 0 Å². The fourth-order valence-electron chi connectivity index (χ4n) is 5.45. The second kappa shape index (κ2) is 4.85. The van der Waals surface area contributed by atoms with E-state index in [2.05, 4.69) is 58.0 Å². The highest BCUT2D eigenvalue weighted by molar-refractivity contribution is 5.89. The van der Waals surface area contributed by atoms with Crippen LogP contribution < -0.4 is 0 Å². The molecule has 22 heavy (non-hydrogen) atoms. The van der Waals surface area contributed by atoms with Gasteiger partial charge in [0.15, 0.2) is 0 Å². The van der Waals surface area contributed by atoms with Gasteiger partial charge in [-0.15, -0.1) is 0 Å². The van der Waals surface area contributed by atoms with Gasteiger partial charge in [0.2, 0.25) is 0 Å². The van der Waals surface area contributed by atoms with Gasteiger partial charge in [-0.25, -0.2) is 0 Å². The van der Waals surface area contributed by atoms with Crippen molar-refractivity contribution in [2.45, 2.75) is 59.3 Å². The lowest BCUT2D eigenvalue weighted by molar-refractivity contribution is 0.0667. The van der Waals surface area contributed by atoms with Crippen molar-refractivity contribution in [3.8, 4) is 0 Å². The molecule has 1 fully saturated rings. The zero-order chi connectivity index (χ0) is 15.5. The molecule has 2 aromatic rings. The van der Waals surface area contributed by atoms with Gasteiger partial charge >= 0.3 is 0 Å². The molecule has 0 saturated heterocycles. The molecule has 0 amide bonds. The van der Waals surface area contributed by atoms with E-state index in [4.69, 9.17) is 0 Å². The fraction of sp³-hybridized carbons (Fsp3) is 0.545. The van der Waals surface area contributed by atoms with Crippen LogP contribution in [0.1, 0.15) is 62.6 Å². The molecule has 2 aliphatic carbocycles. The highest BCUT2D eigenvalue weighted by Gasteiger charge is 2.46. The quantitative estimate of drug-likeness (QED) is 0.538. The highest BCUT2D eigenvalue weighted by atomic mass is 14.5. The van der Waals surface area contributed by atoms with E-state index in [1.165, 1.54) is 42.0 Å². The first-order valence-corrected chi connectivity index (χ1v) is 9.02. The second-order valence-electron chi connectivity index (χ2n) is 8.31. The summed E-state index contributed by atoms with van der Waals surface area (Å²) in [7, 11) is 0. The van der Waals surface area contributed by atoms with Gasteiger partial charge < -0.3 is 0 Å². The Balaban J connectivity index is 1.94. The molecule has 0 bridgehead atoms. The first kappa shape index (κ1) is 14.3. The van der Waals surface area contributed by atoms with Crippen LogP contribution >= 0.6 is 0 Å². The molecule has 0 heterocycles. The number of fused-ring (bicyclic) bond motifs is 5. The minimum Gasteiger partial charge on any atom is -0.0622 e. The molecule has 0 heteroatoms. The van der Waals surface area contributed by atoms with E-state index in [0.29, 0.717) is 5.41 Å². The van der Waals surface area contributed by atoms with Gasteiger partial charge in [0.05, 0.1) is 0 Å². The second-order valence-corrected chi connectivity index (χ2v) is 8.31. The summed E-state index contributed by atoms with van der Waals surface area (Å²) in [5.41, 5.74) is 5.27. The van der Waals surface area contributed by atoms with E-state index in [0.717, 1.165) is 17.8 Å². The molecule has 0 spiro atoms. The maximum absolute atomic E-state index is 2.56. The Hall–Kier alpha value is -1.30. The van der Waals surface area contributed by atoms with Crippen molar-refractivity contribution >= 4 is 10.8 Å². The predicted octanol–water partition coefficient (Wildman–Crippen LogP) is 6.25. The topological polar surface area (TPSA) is 0 Å². The van der Waals surface area contributed by atoms with Gasteiger partial charge in [0.25, 0.3) is 0 Å². The lowest BCUT2D eigenvalue weighted by Crippen LogP contribution is -2.41. The Labute approximate surface area is 134 Å². The third-order valence-electron chi connectivity index (χ3n) is 7.05. The molecule has 2 aliphatic rings. The molecule has 116 valence electrons. The molecule has 0 N–H and O–H groups in total. The largest absolute Gasteiger partial charge is 0.0622 e. The number of rotatable bonds is 0. The fourth-order valence-corrected chi connectivity index (χ4v) is 5.45. The van der Waals surface area contributed by atoms with Gasteiger partial charge in [-0.05, 0) is 83.2 Å². The van der Waals surface area contributed by atoms with Crippen LogP contribution in [0.5, 0.6) is 0 Å². The Morgan fingerprint density at radius 3 is 2.64 bits per heavy atom. The molecule has 0 radical (unpaired) electrons. The maximum Gasteiger partial charge on any atom is -0.00767 e. The number of benzene rings is 2. The van der Waals surface area contributed by atoms with Crippen LogP contribution in [-0.2, 0) is 6.42 Å². The van der Waals surface area contributed by atoms with Crippen molar-refractivity contribution in [1.82, 2.24) is 0 Å². The summed E-state index contributed by atoms with van der Waals surface area (Å²) < 4.78 is 0. The summed E-state index contributed by atoms with van der Waals surface area (Å²) in [6, 6.07) is 11.7. The van der Waals surface area contributed by atoms with E-state index in [1.54, 1.807) is 11.1 Å². The average molecular weight is 292 g/mol. The summed E-state index contributed by atoms with van der Waals surface area (Å²) in [6.45, 7) is 9.77. The van der Waals surface area contributed by atoms with Gasteiger partial charge in [0, 0.05) is 0 Å². The van der Waals surface area contributed by atoms with Crippen molar-refractivity contribution < 1.29 is 0 Å². The molecular weight excluding hydrogens is 264 g/mol. The molecule has 4 rings (SSSR count). The normalized spacial score (nSPS) is 34.3. The third kappa shape index (κ3) is 1.89. The zero-order valence-corrected chi connectivity index (χ0v) is 14.4. The molecular formula is C22H28. The summed E-state index contributed by atoms with van der Waals surface area (Å²) in [4.78, 5) is 0. The van der Waals surface area contributed by atoms with Crippen molar-refractivity contribution in [1.29, 1.82) is 0 Å². The first-order valence-electron chi connectivity index (χ1n) is 9.02. The van der Waals surface area contributed by atoms with Crippen LogP contribution in [-0.4, -0.2) is 0 Å². The van der Waals surface area contributed by atoms with Crippen LogP contribution in [0.3, 0.4) is 0 Å². The molecule has 0 unspecified atom stereocenters. The van der Waals surface area contributed by atoms with E-state index < -0.39 is 0 Å². The van der Waals surface area contributed by atoms with Gasteiger partial charge in [-0.2, -0.15) is 0 Å².